The van der Waals surface area contributed by atoms with Crippen molar-refractivity contribution in [3.63, 3.8) is 0 Å². The van der Waals surface area contributed by atoms with Crippen molar-refractivity contribution in [1.29, 1.82) is 0 Å². The molecule has 0 saturated carbocycles. The zero-order valence-corrected chi connectivity index (χ0v) is 28.7. The lowest BCUT2D eigenvalue weighted by molar-refractivity contribution is -0.126. The van der Waals surface area contributed by atoms with Crippen LogP contribution in [0.2, 0.25) is 10.0 Å². The number of rotatable bonds is 17. The number of hydrogen-bond donors (Lipinski definition) is 3. The van der Waals surface area contributed by atoms with Crippen molar-refractivity contribution in [1.82, 2.24) is 5.32 Å². The average molecular weight is 734 g/mol. The van der Waals surface area contributed by atoms with E-state index < -0.39 is 17.4 Å². The maximum atomic E-state index is 12.7. The number of carbonyl (C=O) groups excluding carboxylic acids is 1. The van der Waals surface area contributed by atoms with Crippen molar-refractivity contribution >= 4 is 69.3 Å². The van der Waals surface area contributed by atoms with Crippen molar-refractivity contribution in [3.8, 4) is 22.5 Å². The molecule has 3 N–H and O–H groups in total. The number of amides is 1. The topological polar surface area (TPSA) is 156 Å². The van der Waals surface area contributed by atoms with E-state index in [1.807, 2.05) is 4.90 Å². The highest BCUT2D eigenvalue weighted by molar-refractivity contribution is 6.34. The van der Waals surface area contributed by atoms with E-state index in [-0.39, 0.29) is 39.3 Å². The van der Waals surface area contributed by atoms with E-state index >= 15 is 0 Å². The molecule has 0 aromatic heterocycles. The predicted molar refractivity (Wildman–Crippen MR) is 188 cm³/mol. The third-order valence-corrected chi connectivity index (χ3v) is 9.16. The van der Waals surface area contributed by atoms with E-state index in [9.17, 15) is 29.4 Å². The molecule has 2 aliphatic heterocycles. The summed E-state index contributed by atoms with van der Waals surface area (Å²) in [5, 5.41) is 23.0. The van der Waals surface area contributed by atoms with Gasteiger partial charge in [-0.15, -0.1) is 11.6 Å². The highest BCUT2D eigenvalue weighted by atomic mass is 35.5. The number of unbranched alkanes of at least 4 members (excludes halogenated alkanes) is 3. The summed E-state index contributed by atoms with van der Waals surface area (Å²) in [7, 11) is 0. The van der Waals surface area contributed by atoms with Crippen LogP contribution in [0, 0.1) is 5.92 Å². The van der Waals surface area contributed by atoms with Gasteiger partial charge in [0.25, 0.3) is 0 Å². The molecular formula is C35H35Cl3N2O9. The van der Waals surface area contributed by atoms with Gasteiger partial charge in [-0.1, -0.05) is 42.1 Å². The SMILES string of the molecule is O=C(O)c1ccc(-c2c3cc(Cl)c(=O)cc-3oc3cc(N4CC(C(=O)NCCOCCOCCCCCCCl)C4)c(Cl)cc23)c(C(=O)O)c1. The minimum Gasteiger partial charge on any atom is -0.478 e. The molecule has 2 heterocycles. The van der Waals surface area contributed by atoms with Crippen LogP contribution in [0.5, 0.6) is 0 Å². The van der Waals surface area contributed by atoms with E-state index in [0.29, 0.717) is 84.7 Å². The molecule has 0 radical (unpaired) electrons. The number of carboxylic acids is 2. The van der Waals surface area contributed by atoms with Crippen LogP contribution in [0.25, 0.3) is 33.4 Å². The number of aromatic carboxylic acids is 2. The molecule has 14 heteroatoms. The molecule has 0 unspecified atom stereocenters. The first-order valence-electron chi connectivity index (χ1n) is 15.8. The lowest BCUT2D eigenvalue weighted by atomic mass is 9.89. The first kappa shape index (κ1) is 36.4. The molecule has 1 fully saturated rings. The van der Waals surface area contributed by atoms with Gasteiger partial charge < -0.3 is 34.3 Å². The van der Waals surface area contributed by atoms with Gasteiger partial charge in [-0.2, -0.15) is 0 Å². The van der Waals surface area contributed by atoms with Crippen LogP contribution < -0.4 is 15.6 Å². The fourth-order valence-electron chi connectivity index (χ4n) is 5.71. The molecule has 1 saturated heterocycles. The third kappa shape index (κ3) is 8.66. The predicted octanol–water partition coefficient (Wildman–Crippen LogP) is 6.65. The normalized spacial score (nSPS) is 13.2. The maximum Gasteiger partial charge on any atom is 0.336 e. The second-order valence-electron chi connectivity index (χ2n) is 11.6. The fraction of sp³-hybridized carbons (Fsp3) is 0.371. The van der Waals surface area contributed by atoms with E-state index in [1.54, 1.807) is 12.1 Å². The molecule has 260 valence electrons. The van der Waals surface area contributed by atoms with Crippen molar-refractivity contribution in [2.45, 2.75) is 25.7 Å². The first-order valence-corrected chi connectivity index (χ1v) is 17.1. The van der Waals surface area contributed by atoms with E-state index in [4.69, 9.17) is 48.7 Å². The third-order valence-electron chi connectivity index (χ3n) is 8.29. The van der Waals surface area contributed by atoms with Gasteiger partial charge in [0.15, 0.2) is 0 Å². The van der Waals surface area contributed by atoms with Crippen LogP contribution in [0.15, 0.2) is 51.7 Å². The number of nitrogens with zero attached hydrogens (tertiary/aromatic N) is 1. The summed E-state index contributed by atoms with van der Waals surface area (Å²) < 4.78 is 17.2. The summed E-state index contributed by atoms with van der Waals surface area (Å²) in [6.07, 6.45) is 4.23. The molecule has 3 aliphatic rings. The van der Waals surface area contributed by atoms with Crippen LogP contribution >= 0.6 is 34.8 Å². The molecular weight excluding hydrogens is 699 g/mol. The Labute approximate surface area is 297 Å². The lowest BCUT2D eigenvalue weighted by Gasteiger charge is -2.40. The highest BCUT2D eigenvalue weighted by Crippen LogP contribution is 2.45. The molecule has 2 aromatic carbocycles. The first-order chi connectivity index (χ1) is 23.6. The number of alkyl halides is 1. The summed E-state index contributed by atoms with van der Waals surface area (Å²) in [6, 6.07) is 9.67. The van der Waals surface area contributed by atoms with Crippen molar-refractivity contribution in [2.24, 2.45) is 5.92 Å². The van der Waals surface area contributed by atoms with Gasteiger partial charge in [-0.25, -0.2) is 9.59 Å². The van der Waals surface area contributed by atoms with E-state index in [2.05, 4.69) is 5.32 Å². The van der Waals surface area contributed by atoms with Crippen molar-refractivity contribution < 1.29 is 38.5 Å². The van der Waals surface area contributed by atoms with Crippen LogP contribution in [0.4, 0.5) is 5.69 Å². The molecule has 11 nitrogen and oxygen atoms in total. The highest BCUT2D eigenvalue weighted by Gasteiger charge is 2.34. The number of benzene rings is 3. The summed E-state index contributed by atoms with van der Waals surface area (Å²) in [6.45, 7) is 3.18. The molecule has 5 rings (SSSR count). The molecule has 0 atom stereocenters. The Kier molecular flexibility index (Phi) is 12.4. The number of ether oxygens (including phenoxy) is 2. The smallest absolute Gasteiger partial charge is 0.336 e. The molecule has 0 bridgehead atoms. The number of carbonyl (C=O) groups is 3. The van der Waals surface area contributed by atoms with E-state index in [1.165, 1.54) is 24.3 Å². The number of anilines is 1. The Morgan fingerprint density at radius 1 is 0.857 bits per heavy atom. The van der Waals surface area contributed by atoms with Gasteiger partial charge in [0.1, 0.15) is 11.3 Å². The minimum atomic E-state index is -1.35. The van der Waals surface area contributed by atoms with Gasteiger partial charge in [-0.3, -0.25) is 9.59 Å². The zero-order valence-electron chi connectivity index (χ0n) is 26.4. The Hall–Kier alpha value is -3.87. The van der Waals surface area contributed by atoms with E-state index in [0.717, 1.165) is 31.7 Å². The quantitative estimate of drug-likeness (QED) is 0.0610. The average Bonchev–Trinajstić information content (AvgIpc) is 3.04. The molecule has 1 amide bonds. The Morgan fingerprint density at radius 3 is 2.31 bits per heavy atom. The minimum absolute atomic E-state index is 0.101. The number of fused-ring (bicyclic) bond motifs is 2. The zero-order chi connectivity index (χ0) is 35.1. The second-order valence-corrected chi connectivity index (χ2v) is 12.8. The number of halogens is 3. The van der Waals surface area contributed by atoms with Gasteiger partial charge in [-0.05, 0) is 42.7 Å². The summed E-state index contributed by atoms with van der Waals surface area (Å²) >= 11 is 18.6. The van der Waals surface area contributed by atoms with Crippen molar-refractivity contribution in [3.05, 3.63) is 73.9 Å². The van der Waals surface area contributed by atoms with Gasteiger partial charge >= 0.3 is 11.9 Å². The molecule has 0 spiro atoms. The van der Waals surface area contributed by atoms with Crippen LogP contribution in [-0.4, -0.2) is 80.0 Å². The second kappa shape index (κ2) is 16.7. The van der Waals surface area contributed by atoms with Gasteiger partial charge in [0.2, 0.25) is 11.3 Å². The molecule has 1 aliphatic carbocycles. The number of nitrogens with one attached hydrogen (secondary N) is 1. The van der Waals surface area contributed by atoms with Gasteiger partial charge in [0.05, 0.1) is 52.6 Å². The summed E-state index contributed by atoms with van der Waals surface area (Å²) in [5.74, 6) is -2.16. The largest absolute Gasteiger partial charge is 0.478 e. The number of hydrogen-bond acceptors (Lipinski definition) is 8. The van der Waals surface area contributed by atoms with Crippen LogP contribution in [0.1, 0.15) is 46.4 Å². The number of carboxylic acid groups (broad SMARTS) is 2. The van der Waals surface area contributed by atoms with Crippen LogP contribution in [-0.2, 0) is 14.3 Å². The monoisotopic (exact) mass is 732 g/mol. The lowest BCUT2D eigenvalue weighted by Crippen LogP contribution is -2.54. The van der Waals surface area contributed by atoms with Crippen molar-refractivity contribution in [2.75, 3.05) is 56.8 Å². The maximum absolute atomic E-state index is 12.7. The Balaban J connectivity index is 1.27. The fourth-order valence-corrected chi connectivity index (χ4v) is 6.35. The molecule has 49 heavy (non-hydrogen) atoms. The summed E-state index contributed by atoms with van der Waals surface area (Å²) in [4.78, 5) is 51.0. The summed E-state index contributed by atoms with van der Waals surface area (Å²) in [5.41, 5.74) is 0.810. The Morgan fingerprint density at radius 2 is 1.59 bits per heavy atom. The van der Waals surface area contributed by atoms with Gasteiger partial charge in [0, 0.05) is 60.8 Å². The Bertz CT molecular complexity index is 1870. The molecule has 2 aromatic rings. The van der Waals surface area contributed by atoms with Crippen LogP contribution in [0.3, 0.4) is 0 Å². The standard InChI is InChI=1S/C35H35Cl3N2O9/c36-7-3-1-2-4-9-47-11-12-48-10-8-39-33(42)21-18-40(19-21)28-16-30-24(14-26(28)37)32(25-15-27(38)29(41)17-31(25)49-30)22-6-5-20(34(43)44)13-23(22)35(45)46/h5-6,13-17,21H,1-4,7-12,18-19H2,(H,39,42)(H,43,44)(H,45,46).